The molecule has 1 atom stereocenters. The molecule has 0 aromatic carbocycles. The van der Waals surface area contributed by atoms with Crippen molar-refractivity contribution in [3.05, 3.63) is 12.2 Å². The summed E-state index contributed by atoms with van der Waals surface area (Å²) in [5.74, 6) is 0. The van der Waals surface area contributed by atoms with Gasteiger partial charge in [-0.25, -0.2) is 0 Å². The average Bonchev–Trinajstić information content (AvgIpc) is 2.04. The molecule has 1 unspecified atom stereocenters. The second kappa shape index (κ2) is 7.80. The molecule has 0 rings (SSSR count). The van der Waals surface area contributed by atoms with Crippen molar-refractivity contribution in [1.29, 1.82) is 0 Å². The summed E-state index contributed by atoms with van der Waals surface area (Å²) in [6, 6.07) is 0. The second-order valence-corrected chi connectivity index (χ2v) is 2.91. The Morgan fingerprint density at radius 3 is 2.55 bits per heavy atom. The third kappa shape index (κ3) is 7.60. The van der Waals surface area contributed by atoms with Gasteiger partial charge in [0, 0.05) is 0 Å². The van der Waals surface area contributed by atoms with Crippen LogP contribution in [-0.4, -0.2) is 11.2 Å². The fourth-order valence-corrected chi connectivity index (χ4v) is 0.860. The van der Waals surface area contributed by atoms with Gasteiger partial charge in [0.15, 0.2) is 0 Å². The molecular weight excluding hydrogens is 136 g/mol. The van der Waals surface area contributed by atoms with Gasteiger partial charge >= 0.3 is 0 Å². The van der Waals surface area contributed by atoms with E-state index < -0.39 is 0 Å². The van der Waals surface area contributed by atoms with Gasteiger partial charge in [-0.15, -0.1) is 0 Å². The minimum atomic E-state index is -0.132. The molecule has 0 radical (unpaired) electrons. The van der Waals surface area contributed by atoms with Crippen LogP contribution in [0.4, 0.5) is 0 Å². The maximum absolute atomic E-state index is 9.16. The Morgan fingerprint density at radius 2 is 2.00 bits per heavy atom. The van der Waals surface area contributed by atoms with Crippen molar-refractivity contribution in [1.82, 2.24) is 0 Å². The quantitative estimate of drug-likeness (QED) is 0.463. The lowest BCUT2D eigenvalue weighted by molar-refractivity contribution is 0.173. The standard InChI is InChI=1S/C10H20O/c1-3-5-6-7-8-9-10(11)4-2/h7-8,10-11H,3-6,9H2,1-2H3/b8-7+. The first-order valence-corrected chi connectivity index (χ1v) is 4.64. The van der Waals surface area contributed by atoms with Crippen molar-refractivity contribution in [3.63, 3.8) is 0 Å². The van der Waals surface area contributed by atoms with E-state index in [1.165, 1.54) is 12.8 Å². The minimum absolute atomic E-state index is 0.132. The van der Waals surface area contributed by atoms with E-state index in [9.17, 15) is 0 Å². The first kappa shape index (κ1) is 10.7. The lowest BCUT2D eigenvalue weighted by Gasteiger charge is -2.01. The van der Waals surface area contributed by atoms with Crippen LogP contribution in [0.3, 0.4) is 0 Å². The highest BCUT2D eigenvalue weighted by atomic mass is 16.3. The molecule has 0 aliphatic heterocycles. The van der Waals surface area contributed by atoms with Gasteiger partial charge in [0.1, 0.15) is 0 Å². The second-order valence-electron chi connectivity index (χ2n) is 2.91. The minimum Gasteiger partial charge on any atom is -0.393 e. The van der Waals surface area contributed by atoms with E-state index in [0.717, 1.165) is 19.3 Å². The zero-order valence-corrected chi connectivity index (χ0v) is 7.71. The molecule has 0 aromatic heterocycles. The van der Waals surface area contributed by atoms with Crippen LogP contribution in [0.2, 0.25) is 0 Å². The molecule has 0 heterocycles. The predicted molar refractivity (Wildman–Crippen MR) is 49.6 cm³/mol. The molecule has 0 saturated carbocycles. The largest absolute Gasteiger partial charge is 0.393 e. The SMILES string of the molecule is CCCC/C=C/CC(O)CC. The molecule has 0 saturated heterocycles. The van der Waals surface area contributed by atoms with Gasteiger partial charge in [0.05, 0.1) is 6.10 Å². The van der Waals surface area contributed by atoms with E-state index in [1.807, 2.05) is 6.92 Å². The fraction of sp³-hybridized carbons (Fsp3) is 0.800. The summed E-state index contributed by atoms with van der Waals surface area (Å²) in [6.45, 7) is 4.19. The van der Waals surface area contributed by atoms with E-state index in [2.05, 4.69) is 19.1 Å². The summed E-state index contributed by atoms with van der Waals surface area (Å²) >= 11 is 0. The number of rotatable bonds is 6. The van der Waals surface area contributed by atoms with Gasteiger partial charge in [-0.2, -0.15) is 0 Å². The molecule has 1 heteroatoms. The summed E-state index contributed by atoms with van der Waals surface area (Å²) < 4.78 is 0. The van der Waals surface area contributed by atoms with Crippen LogP contribution < -0.4 is 0 Å². The number of hydrogen-bond donors (Lipinski definition) is 1. The van der Waals surface area contributed by atoms with Gasteiger partial charge in [-0.3, -0.25) is 0 Å². The van der Waals surface area contributed by atoms with Gasteiger partial charge < -0.3 is 5.11 Å². The van der Waals surface area contributed by atoms with Crippen molar-refractivity contribution in [2.24, 2.45) is 0 Å². The molecule has 0 aromatic rings. The summed E-state index contributed by atoms with van der Waals surface area (Å²) in [7, 11) is 0. The van der Waals surface area contributed by atoms with E-state index in [0.29, 0.717) is 0 Å². The summed E-state index contributed by atoms with van der Waals surface area (Å²) in [4.78, 5) is 0. The highest BCUT2D eigenvalue weighted by Gasteiger charge is 1.94. The van der Waals surface area contributed by atoms with Crippen molar-refractivity contribution in [2.75, 3.05) is 0 Å². The molecule has 0 fully saturated rings. The molecule has 0 amide bonds. The van der Waals surface area contributed by atoms with Gasteiger partial charge in [0.2, 0.25) is 0 Å². The molecule has 1 N–H and O–H groups in total. The van der Waals surface area contributed by atoms with Crippen LogP contribution in [0.1, 0.15) is 46.0 Å². The Hall–Kier alpha value is -0.300. The van der Waals surface area contributed by atoms with Gasteiger partial charge in [0.25, 0.3) is 0 Å². The molecule has 11 heavy (non-hydrogen) atoms. The monoisotopic (exact) mass is 156 g/mol. The number of aliphatic hydroxyl groups excluding tert-OH is 1. The Balaban J connectivity index is 3.15. The molecular formula is C10H20O. The van der Waals surface area contributed by atoms with Gasteiger partial charge in [-0.05, 0) is 19.3 Å². The lowest BCUT2D eigenvalue weighted by Crippen LogP contribution is -2.00. The Morgan fingerprint density at radius 1 is 1.27 bits per heavy atom. The predicted octanol–water partition coefficient (Wildman–Crippen LogP) is 2.89. The van der Waals surface area contributed by atoms with E-state index >= 15 is 0 Å². The normalized spacial score (nSPS) is 14.1. The number of aliphatic hydroxyl groups is 1. The average molecular weight is 156 g/mol. The summed E-state index contributed by atoms with van der Waals surface area (Å²) in [6.07, 6.45) is 9.48. The Kier molecular flexibility index (Phi) is 7.59. The fourth-order valence-electron chi connectivity index (χ4n) is 0.860. The molecule has 0 bridgehead atoms. The Labute approximate surface area is 70.1 Å². The van der Waals surface area contributed by atoms with E-state index in [4.69, 9.17) is 5.11 Å². The molecule has 1 nitrogen and oxygen atoms in total. The third-order valence-electron chi connectivity index (χ3n) is 1.77. The number of allylic oxidation sites excluding steroid dienone is 1. The highest BCUT2D eigenvalue weighted by Crippen LogP contribution is 2.00. The third-order valence-corrected chi connectivity index (χ3v) is 1.77. The van der Waals surface area contributed by atoms with Crippen LogP contribution in [0.25, 0.3) is 0 Å². The van der Waals surface area contributed by atoms with Crippen molar-refractivity contribution < 1.29 is 5.11 Å². The molecule has 0 spiro atoms. The topological polar surface area (TPSA) is 20.2 Å². The smallest absolute Gasteiger partial charge is 0.0572 e. The first-order chi connectivity index (χ1) is 5.31. The van der Waals surface area contributed by atoms with Crippen LogP contribution in [0.5, 0.6) is 0 Å². The zero-order valence-electron chi connectivity index (χ0n) is 7.71. The highest BCUT2D eigenvalue weighted by molar-refractivity contribution is 4.83. The van der Waals surface area contributed by atoms with Crippen LogP contribution >= 0.6 is 0 Å². The maximum atomic E-state index is 9.16. The van der Waals surface area contributed by atoms with E-state index in [1.54, 1.807) is 0 Å². The first-order valence-electron chi connectivity index (χ1n) is 4.64. The van der Waals surface area contributed by atoms with Crippen LogP contribution in [-0.2, 0) is 0 Å². The van der Waals surface area contributed by atoms with Crippen LogP contribution in [0.15, 0.2) is 12.2 Å². The molecule has 66 valence electrons. The number of hydrogen-bond acceptors (Lipinski definition) is 1. The summed E-state index contributed by atoms with van der Waals surface area (Å²) in [5, 5.41) is 9.16. The zero-order chi connectivity index (χ0) is 8.53. The van der Waals surface area contributed by atoms with Crippen molar-refractivity contribution in [3.8, 4) is 0 Å². The van der Waals surface area contributed by atoms with Gasteiger partial charge in [-0.1, -0.05) is 38.8 Å². The molecule has 0 aliphatic rings. The maximum Gasteiger partial charge on any atom is 0.0572 e. The van der Waals surface area contributed by atoms with Crippen LogP contribution in [0, 0.1) is 0 Å². The molecule has 0 aliphatic carbocycles. The Bertz CT molecular complexity index is 97.0. The number of unbranched alkanes of at least 4 members (excludes halogenated alkanes) is 2. The summed E-state index contributed by atoms with van der Waals surface area (Å²) in [5.41, 5.74) is 0. The lowest BCUT2D eigenvalue weighted by atomic mass is 10.1. The van der Waals surface area contributed by atoms with Crippen molar-refractivity contribution in [2.45, 2.75) is 52.1 Å². The van der Waals surface area contributed by atoms with Crippen molar-refractivity contribution >= 4 is 0 Å². The van der Waals surface area contributed by atoms with E-state index in [-0.39, 0.29) is 6.10 Å².